The number of aryl methyl sites for hydroxylation is 1. The van der Waals surface area contributed by atoms with E-state index in [1.165, 1.54) is 17.0 Å². The Morgan fingerprint density at radius 1 is 0.951 bits per heavy atom. The van der Waals surface area contributed by atoms with E-state index in [2.05, 4.69) is 21.2 Å². The first-order chi connectivity index (χ1) is 19.5. The summed E-state index contributed by atoms with van der Waals surface area (Å²) in [7, 11) is -4.15. The van der Waals surface area contributed by atoms with Gasteiger partial charge in [0.25, 0.3) is 10.0 Å². The quantitative estimate of drug-likeness (QED) is 0.258. The second-order valence-electron chi connectivity index (χ2n) is 9.83. The molecule has 0 fully saturated rings. The van der Waals surface area contributed by atoms with Gasteiger partial charge in [-0.1, -0.05) is 47.1 Å². The number of anilines is 1. The number of halogens is 1. The van der Waals surface area contributed by atoms with Crippen LogP contribution in [-0.2, 0) is 26.2 Å². The Morgan fingerprint density at radius 2 is 1.59 bits per heavy atom. The zero-order valence-electron chi connectivity index (χ0n) is 24.1. The second kappa shape index (κ2) is 14.5. The summed E-state index contributed by atoms with van der Waals surface area (Å²) in [6.45, 7) is 9.44. The maximum atomic E-state index is 14.1. The van der Waals surface area contributed by atoms with E-state index in [9.17, 15) is 18.0 Å². The molecule has 0 unspecified atom stereocenters. The van der Waals surface area contributed by atoms with Crippen molar-refractivity contribution >= 4 is 43.5 Å². The Balaban J connectivity index is 2.04. The molecule has 1 N–H and O–H groups in total. The molecule has 0 radical (unpaired) electrons. The summed E-state index contributed by atoms with van der Waals surface area (Å²) in [6.07, 6.45) is 0.737. The molecule has 0 aliphatic carbocycles. The smallest absolute Gasteiger partial charge is 0.264 e. The van der Waals surface area contributed by atoms with Crippen molar-refractivity contribution in [2.45, 2.75) is 64.6 Å². The van der Waals surface area contributed by atoms with Crippen LogP contribution in [-0.4, -0.2) is 50.4 Å². The Labute approximate surface area is 251 Å². The number of benzene rings is 3. The van der Waals surface area contributed by atoms with Crippen molar-refractivity contribution in [1.29, 1.82) is 0 Å². The molecule has 0 saturated carbocycles. The van der Waals surface area contributed by atoms with Crippen LogP contribution in [0, 0.1) is 6.92 Å². The van der Waals surface area contributed by atoms with Gasteiger partial charge < -0.3 is 15.0 Å². The predicted octanol–water partition coefficient (Wildman–Crippen LogP) is 5.68. The number of carbonyl (C=O) groups excluding carboxylic acids is 2. The predicted molar refractivity (Wildman–Crippen MR) is 165 cm³/mol. The lowest BCUT2D eigenvalue weighted by molar-refractivity contribution is -0.139. The van der Waals surface area contributed by atoms with E-state index in [0.717, 1.165) is 26.3 Å². The fourth-order valence-electron chi connectivity index (χ4n) is 4.16. The lowest BCUT2D eigenvalue weighted by Crippen LogP contribution is -2.52. The van der Waals surface area contributed by atoms with Gasteiger partial charge in [-0.05, 0) is 93.8 Å². The average molecular weight is 645 g/mol. The molecule has 41 heavy (non-hydrogen) atoms. The van der Waals surface area contributed by atoms with Crippen molar-refractivity contribution in [3.63, 3.8) is 0 Å². The van der Waals surface area contributed by atoms with Crippen molar-refractivity contribution in [1.82, 2.24) is 10.2 Å². The first kappa shape index (κ1) is 32.1. The highest BCUT2D eigenvalue weighted by molar-refractivity contribution is 9.10. The molecular formula is C31H38BrN3O5S. The first-order valence-electron chi connectivity index (χ1n) is 13.6. The van der Waals surface area contributed by atoms with Crippen molar-refractivity contribution in [3.8, 4) is 5.75 Å². The minimum atomic E-state index is -4.15. The monoisotopic (exact) mass is 643 g/mol. The van der Waals surface area contributed by atoms with Gasteiger partial charge in [0, 0.05) is 17.1 Å². The van der Waals surface area contributed by atoms with E-state index in [1.54, 1.807) is 43.3 Å². The van der Waals surface area contributed by atoms with E-state index >= 15 is 0 Å². The number of hydrogen-bond donors (Lipinski definition) is 1. The number of hydrogen-bond acceptors (Lipinski definition) is 5. The standard InChI is InChI=1S/C31H38BrN3O5S/c1-6-23(4)33-31(37)24(5)34(20-25-11-9-8-10-22(25)3)30(36)21-35(27-14-16-28(17-15-27)40-7-2)41(38,39)29-18-12-26(32)13-19-29/h8-19,23-24H,6-7,20-21H2,1-5H3,(H,33,37)/t23-,24+/m1/s1. The van der Waals surface area contributed by atoms with Gasteiger partial charge in [0.15, 0.2) is 0 Å². The Hall–Kier alpha value is -3.37. The minimum Gasteiger partial charge on any atom is -0.494 e. The summed E-state index contributed by atoms with van der Waals surface area (Å²) < 4.78 is 35.2. The molecule has 0 aliphatic heterocycles. The van der Waals surface area contributed by atoms with Crippen LogP contribution in [0.5, 0.6) is 5.75 Å². The molecule has 3 aromatic carbocycles. The number of carbonyl (C=O) groups is 2. The SMILES string of the molecule is CCOc1ccc(N(CC(=O)N(Cc2ccccc2C)[C@@H](C)C(=O)N[C@H](C)CC)S(=O)(=O)c2ccc(Br)cc2)cc1. The van der Waals surface area contributed by atoms with Crippen LogP contribution in [0.25, 0.3) is 0 Å². The third-order valence-corrected chi connectivity index (χ3v) is 9.20. The van der Waals surface area contributed by atoms with Gasteiger partial charge in [0.2, 0.25) is 11.8 Å². The highest BCUT2D eigenvalue weighted by atomic mass is 79.9. The number of rotatable bonds is 13. The highest BCUT2D eigenvalue weighted by Gasteiger charge is 2.33. The molecule has 0 aliphatic rings. The van der Waals surface area contributed by atoms with Gasteiger partial charge >= 0.3 is 0 Å². The van der Waals surface area contributed by atoms with Crippen molar-refractivity contribution in [2.75, 3.05) is 17.5 Å². The van der Waals surface area contributed by atoms with Gasteiger partial charge in [-0.15, -0.1) is 0 Å². The molecular weight excluding hydrogens is 606 g/mol. The lowest BCUT2D eigenvalue weighted by atomic mass is 10.1. The van der Waals surface area contributed by atoms with Gasteiger partial charge in [0.1, 0.15) is 18.3 Å². The Morgan fingerprint density at radius 3 is 2.17 bits per heavy atom. The van der Waals surface area contributed by atoms with Crippen LogP contribution in [0.15, 0.2) is 82.2 Å². The molecule has 0 saturated heterocycles. The minimum absolute atomic E-state index is 0.0374. The van der Waals surface area contributed by atoms with Crippen LogP contribution in [0.1, 0.15) is 45.2 Å². The number of nitrogens with one attached hydrogen (secondary N) is 1. The van der Waals surface area contributed by atoms with E-state index in [0.29, 0.717) is 18.0 Å². The van der Waals surface area contributed by atoms with Crippen molar-refractivity contribution in [3.05, 3.63) is 88.4 Å². The van der Waals surface area contributed by atoms with Crippen LogP contribution < -0.4 is 14.4 Å². The summed E-state index contributed by atoms with van der Waals surface area (Å²) in [5.74, 6) is -0.223. The Bertz CT molecular complexity index is 1430. The normalized spacial score (nSPS) is 12.7. The van der Waals surface area contributed by atoms with Crippen molar-refractivity contribution < 1.29 is 22.7 Å². The molecule has 3 rings (SSSR count). The maximum Gasteiger partial charge on any atom is 0.264 e. The van der Waals surface area contributed by atoms with Crippen LogP contribution in [0.2, 0.25) is 0 Å². The molecule has 0 spiro atoms. The topological polar surface area (TPSA) is 96.0 Å². The lowest BCUT2D eigenvalue weighted by Gasteiger charge is -2.32. The van der Waals surface area contributed by atoms with Gasteiger partial charge in [-0.25, -0.2) is 8.42 Å². The number of sulfonamides is 1. The van der Waals surface area contributed by atoms with Gasteiger partial charge in [0.05, 0.1) is 17.2 Å². The highest BCUT2D eigenvalue weighted by Crippen LogP contribution is 2.27. The summed E-state index contributed by atoms with van der Waals surface area (Å²) in [5, 5.41) is 2.95. The number of ether oxygens (including phenoxy) is 1. The zero-order chi connectivity index (χ0) is 30.2. The molecule has 10 heteroatoms. The largest absolute Gasteiger partial charge is 0.494 e. The van der Waals surface area contributed by atoms with Gasteiger partial charge in [-0.3, -0.25) is 13.9 Å². The average Bonchev–Trinajstić information content (AvgIpc) is 2.95. The number of amides is 2. The summed E-state index contributed by atoms with van der Waals surface area (Å²) in [5.41, 5.74) is 2.13. The Kier molecular flexibility index (Phi) is 11.4. The molecule has 0 heterocycles. The second-order valence-corrected chi connectivity index (χ2v) is 12.6. The molecule has 220 valence electrons. The van der Waals surface area contributed by atoms with Crippen LogP contribution in [0.4, 0.5) is 5.69 Å². The van der Waals surface area contributed by atoms with E-state index < -0.39 is 28.5 Å². The molecule has 0 bridgehead atoms. The van der Waals surface area contributed by atoms with E-state index in [4.69, 9.17) is 4.74 Å². The molecule has 2 amide bonds. The number of nitrogens with zero attached hydrogens (tertiary/aromatic N) is 2. The maximum absolute atomic E-state index is 14.1. The summed E-state index contributed by atoms with van der Waals surface area (Å²) in [6, 6.07) is 19.5. The molecule has 3 aromatic rings. The molecule has 0 aromatic heterocycles. The van der Waals surface area contributed by atoms with Gasteiger partial charge in [-0.2, -0.15) is 0 Å². The fraction of sp³-hybridized carbons (Fsp3) is 0.355. The van der Waals surface area contributed by atoms with Crippen molar-refractivity contribution in [2.24, 2.45) is 0 Å². The fourth-order valence-corrected chi connectivity index (χ4v) is 5.84. The molecule has 2 atom stereocenters. The van der Waals surface area contributed by atoms with E-state index in [1.807, 2.05) is 52.0 Å². The third-order valence-electron chi connectivity index (χ3n) is 6.89. The first-order valence-corrected chi connectivity index (χ1v) is 15.9. The molecule has 8 nitrogen and oxygen atoms in total. The third kappa shape index (κ3) is 8.33. The van der Waals surface area contributed by atoms with E-state index in [-0.39, 0.29) is 23.4 Å². The van der Waals surface area contributed by atoms with Crippen LogP contribution in [0.3, 0.4) is 0 Å². The zero-order valence-corrected chi connectivity index (χ0v) is 26.5. The summed E-state index contributed by atoms with van der Waals surface area (Å²) >= 11 is 3.34. The summed E-state index contributed by atoms with van der Waals surface area (Å²) in [4.78, 5) is 28.7. The van der Waals surface area contributed by atoms with Crippen LogP contribution >= 0.6 is 15.9 Å².